The maximum absolute atomic E-state index is 6.03. The molecule has 1 aliphatic heterocycles. The van der Waals surface area contributed by atoms with E-state index in [0.717, 1.165) is 6.42 Å². The summed E-state index contributed by atoms with van der Waals surface area (Å²) in [6.07, 6.45) is 3.23. The number of rotatable bonds is 3. The van der Waals surface area contributed by atoms with Crippen LogP contribution in [0.2, 0.25) is 0 Å². The van der Waals surface area contributed by atoms with Gasteiger partial charge in [0.05, 0.1) is 11.2 Å². The molecule has 3 heteroatoms. The highest BCUT2D eigenvalue weighted by Gasteiger charge is 2.51. The summed E-state index contributed by atoms with van der Waals surface area (Å²) in [4.78, 5) is 0. The van der Waals surface area contributed by atoms with Crippen LogP contribution in [0.1, 0.15) is 54.9 Å². The van der Waals surface area contributed by atoms with Crippen molar-refractivity contribution in [3.05, 3.63) is 11.5 Å². The highest BCUT2D eigenvalue weighted by atomic mass is 16.7. The fourth-order valence-electron chi connectivity index (χ4n) is 1.79. The van der Waals surface area contributed by atoms with Gasteiger partial charge < -0.3 is 9.31 Å². The van der Waals surface area contributed by atoms with Crippen LogP contribution in [0, 0.1) is 5.92 Å². The highest BCUT2D eigenvalue weighted by Crippen LogP contribution is 2.39. The molecule has 0 aromatic rings. The van der Waals surface area contributed by atoms with E-state index >= 15 is 0 Å². The molecule has 0 unspecified atom stereocenters. The Morgan fingerprint density at radius 1 is 1.12 bits per heavy atom. The topological polar surface area (TPSA) is 18.5 Å². The van der Waals surface area contributed by atoms with Crippen LogP contribution in [0.4, 0.5) is 0 Å². The zero-order chi connectivity index (χ0) is 12.6. The molecule has 0 atom stereocenters. The zero-order valence-corrected chi connectivity index (χ0v) is 11.8. The van der Waals surface area contributed by atoms with Crippen molar-refractivity contribution in [2.24, 2.45) is 5.92 Å². The van der Waals surface area contributed by atoms with Gasteiger partial charge >= 0.3 is 7.12 Å². The van der Waals surface area contributed by atoms with E-state index in [9.17, 15) is 0 Å². The second-order valence-corrected chi connectivity index (χ2v) is 5.93. The Morgan fingerprint density at radius 2 is 1.56 bits per heavy atom. The minimum atomic E-state index is -0.233. The Bertz CT molecular complexity index is 264. The first kappa shape index (κ1) is 13.8. The van der Waals surface area contributed by atoms with Gasteiger partial charge in [0.25, 0.3) is 0 Å². The van der Waals surface area contributed by atoms with E-state index in [2.05, 4.69) is 54.5 Å². The lowest BCUT2D eigenvalue weighted by Gasteiger charge is -2.32. The summed E-state index contributed by atoms with van der Waals surface area (Å²) >= 11 is 0. The molecular weight excluding hydrogens is 199 g/mol. The lowest BCUT2D eigenvalue weighted by molar-refractivity contribution is 0.00578. The molecule has 1 fully saturated rings. The summed E-state index contributed by atoms with van der Waals surface area (Å²) in [6.45, 7) is 14.9. The van der Waals surface area contributed by atoms with Crippen molar-refractivity contribution in [3.63, 3.8) is 0 Å². The van der Waals surface area contributed by atoms with Gasteiger partial charge in [-0.25, -0.2) is 0 Å². The van der Waals surface area contributed by atoms with Crippen molar-refractivity contribution in [1.29, 1.82) is 0 Å². The third-order valence-electron chi connectivity index (χ3n) is 3.51. The van der Waals surface area contributed by atoms with E-state index in [1.807, 2.05) is 0 Å². The maximum Gasteiger partial charge on any atom is 0.490 e. The molecule has 92 valence electrons. The molecule has 0 saturated carbocycles. The first-order chi connectivity index (χ1) is 7.19. The van der Waals surface area contributed by atoms with Gasteiger partial charge in [0.15, 0.2) is 0 Å². The standard InChI is InChI=1S/C13H25BO2/c1-8-11(9-10(2)3)14-15-12(4,5)13(6,7)16-14/h9-10H,8H2,1-7H3/b11-9+. The number of allylic oxidation sites excluding steroid dienone is 2. The van der Waals surface area contributed by atoms with E-state index in [0.29, 0.717) is 5.92 Å². The number of hydrogen-bond acceptors (Lipinski definition) is 2. The van der Waals surface area contributed by atoms with Crippen LogP contribution in [0.25, 0.3) is 0 Å². The molecule has 2 nitrogen and oxygen atoms in total. The van der Waals surface area contributed by atoms with Crippen LogP contribution in [0.3, 0.4) is 0 Å². The third-order valence-corrected chi connectivity index (χ3v) is 3.51. The van der Waals surface area contributed by atoms with E-state index in [-0.39, 0.29) is 18.3 Å². The Hall–Kier alpha value is -0.275. The fraction of sp³-hybridized carbons (Fsp3) is 0.846. The van der Waals surface area contributed by atoms with Crippen LogP contribution in [-0.4, -0.2) is 18.3 Å². The van der Waals surface area contributed by atoms with Gasteiger partial charge in [-0.1, -0.05) is 26.8 Å². The SMILES string of the molecule is CC/C(=C\C(C)C)B1OC(C)(C)C(C)(C)O1. The van der Waals surface area contributed by atoms with Gasteiger partial charge in [-0.3, -0.25) is 0 Å². The molecule has 0 radical (unpaired) electrons. The van der Waals surface area contributed by atoms with E-state index in [1.165, 1.54) is 5.47 Å². The normalized spacial score (nSPS) is 24.2. The summed E-state index contributed by atoms with van der Waals surface area (Å²) in [6, 6.07) is 0. The smallest absolute Gasteiger partial charge is 0.400 e. The molecule has 1 heterocycles. The Morgan fingerprint density at radius 3 is 1.88 bits per heavy atom. The monoisotopic (exact) mass is 224 g/mol. The van der Waals surface area contributed by atoms with Gasteiger partial charge in [0.2, 0.25) is 0 Å². The first-order valence-corrected chi connectivity index (χ1v) is 6.26. The average molecular weight is 224 g/mol. The first-order valence-electron chi connectivity index (χ1n) is 6.26. The van der Waals surface area contributed by atoms with Crippen molar-refractivity contribution < 1.29 is 9.31 Å². The summed E-state index contributed by atoms with van der Waals surface area (Å²) in [5, 5.41) is 0. The summed E-state index contributed by atoms with van der Waals surface area (Å²) in [5.41, 5.74) is 0.792. The number of hydrogen-bond donors (Lipinski definition) is 0. The van der Waals surface area contributed by atoms with Crippen molar-refractivity contribution in [2.75, 3.05) is 0 Å². The molecule has 0 amide bonds. The van der Waals surface area contributed by atoms with Crippen LogP contribution in [0.15, 0.2) is 11.5 Å². The molecule has 0 spiro atoms. The minimum Gasteiger partial charge on any atom is -0.400 e. The molecule has 1 rings (SSSR count). The van der Waals surface area contributed by atoms with Crippen LogP contribution < -0.4 is 0 Å². The Labute approximate surface area is 101 Å². The molecule has 16 heavy (non-hydrogen) atoms. The van der Waals surface area contributed by atoms with Crippen molar-refractivity contribution in [2.45, 2.75) is 66.1 Å². The minimum absolute atomic E-state index is 0.169. The largest absolute Gasteiger partial charge is 0.490 e. The lowest BCUT2D eigenvalue weighted by Crippen LogP contribution is -2.41. The van der Waals surface area contributed by atoms with Crippen molar-refractivity contribution >= 4 is 7.12 Å². The summed E-state index contributed by atoms with van der Waals surface area (Å²) in [7, 11) is -0.169. The maximum atomic E-state index is 6.03. The van der Waals surface area contributed by atoms with E-state index < -0.39 is 0 Å². The molecular formula is C13H25BO2. The molecule has 0 aromatic heterocycles. The van der Waals surface area contributed by atoms with Gasteiger partial charge in [0.1, 0.15) is 0 Å². The predicted molar refractivity (Wildman–Crippen MR) is 69.3 cm³/mol. The van der Waals surface area contributed by atoms with E-state index in [4.69, 9.17) is 9.31 Å². The highest BCUT2D eigenvalue weighted by molar-refractivity contribution is 6.54. The summed E-state index contributed by atoms with van der Waals surface area (Å²) < 4.78 is 12.1. The molecule has 0 N–H and O–H groups in total. The Kier molecular flexibility index (Phi) is 3.91. The predicted octanol–water partition coefficient (Wildman–Crippen LogP) is 3.61. The third kappa shape index (κ3) is 2.69. The van der Waals surface area contributed by atoms with Gasteiger partial charge in [-0.2, -0.15) is 0 Å². The zero-order valence-electron chi connectivity index (χ0n) is 11.8. The van der Waals surface area contributed by atoms with Crippen LogP contribution >= 0.6 is 0 Å². The fourth-order valence-corrected chi connectivity index (χ4v) is 1.79. The van der Waals surface area contributed by atoms with Gasteiger partial charge in [0, 0.05) is 0 Å². The molecule has 0 aliphatic carbocycles. The van der Waals surface area contributed by atoms with Crippen molar-refractivity contribution in [3.8, 4) is 0 Å². The van der Waals surface area contributed by atoms with Gasteiger partial charge in [-0.15, -0.1) is 0 Å². The lowest BCUT2D eigenvalue weighted by atomic mass is 9.75. The quantitative estimate of drug-likeness (QED) is 0.681. The molecule has 1 aliphatic rings. The molecule has 1 saturated heterocycles. The molecule has 0 aromatic carbocycles. The summed E-state index contributed by atoms with van der Waals surface area (Å²) in [5.74, 6) is 0.536. The second-order valence-electron chi connectivity index (χ2n) is 5.93. The molecule has 0 bridgehead atoms. The van der Waals surface area contributed by atoms with Gasteiger partial charge in [-0.05, 0) is 45.5 Å². The average Bonchev–Trinajstić information content (AvgIpc) is 2.31. The van der Waals surface area contributed by atoms with Crippen LogP contribution in [-0.2, 0) is 9.31 Å². The van der Waals surface area contributed by atoms with Crippen molar-refractivity contribution in [1.82, 2.24) is 0 Å². The second kappa shape index (κ2) is 4.54. The van der Waals surface area contributed by atoms with E-state index in [1.54, 1.807) is 0 Å². The van der Waals surface area contributed by atoms with Crippen LogP contribution in [0.5, 0.6) is 0 Å². The Balaban J connectivity index is 2.86.